The zero-order valence-corrected chi connectivity index (χ0v) is 13.7. The van der Waals surface area contributed by atoms with Crippen LogP contribution >= 0.6 is 11.3 Å². The number of hydrogen-bond acceptors (Lipinski definition) is 4. The monoisotopic (exact) mass is 322 g/mol. The molecule has 3 rings (SSSR count). The lowest BCUT2D eigenvalue weighted by Gasteiger charge is -2.25. The number of nitrogens with one attached hydrogen (secondary N) is 1. The van der Waals surface area contributed by atoms with Gasteiger partial charge in [0.15, 0.2) is 5.01 Å². The van der Waals surface area contributed by atoms with Crippen LogP contribution in [0.3, 0.4) is 0 Å². The number of aromatic nitrogens is 1. The maximum atomic E-state index is 12.5. The molecule has 1 aromatic rings. The van der Waals surface area contributed by atoms with Crippen molar-refractivity contribution in [3.8, 4) is 0 Å². The molecule has 0 bridgehead atoms. The van der Waals surface area contributed by atoms with Crippen molar-refractivity contribution in [2.75, 3.05) is 33.2 Å². The van der Waals surface area contributed by atoms with Crippen LogP contribution in [0.15, 0.2) is 0 Å². The highest BCUT2D eigenvalue weighted by Gasteiger charge is 2.25. The number of hydrogen-bond donors (Lipinski definition) is 1. The molecule has 6 nitrogen and oxygen atoms in total. The summed E-state index contributed by atoms with van der Waals surface area (Å²) in [6.45, 7) is 3.06. The molecule has 0 spiro atoms. The molecule has 0 saturated carbocycles. The number of urea groups is 1. The smallest absolute Gasteiger partial charge is 0.317 e. The van der Waals surface area contributed by atoms with Crippen LogP contribution in [0, 0.1) is 0 Å². The van der Waals surface area contributed by atoms with Crippen LogP contribution in [0.4, 0.5) is 4.79 Å². The van der Waals surface area contributed by atoms with Crippen molar-refractivity contribution in [3.63, 3.8) is 0 Å². The van der Waals surface area contributed by atoms with Gasteiger partial charge in [0.25, 0.3) is 5.91 Å². The third-order valence-electron chi connectivity index (χ3n) is 4.33. The Balaban J connectivity index is 1.69. The number of carbonyl (C=O) groups is 2. The van der Waals surface area contributed by atoms with Gasteiger partial charge in [0.1, 0.15) is 0 Å². The molecule has 3 amide bonds. The number of carbonyl (C=O) groups excluding carboxylic acids is 2. The molecule has 0 radical (unpaired) electrons. The zero-order chi connectivity index (χ0) is 15.5. The highest BCUT2D eigenvalue weighted by atomic mass is 32.1. The van der Waals surface area contributed by atoms with Gasteiger partial charge >= 0.3 is 6.03 Å². The van der Waals surface area contributed by atoms with Crippen LogP contribution in [0.5, 0.6) is 0 Å². The average molecular weight is 322 g/mol. The van der Waals surface area contributed by atoms with Crippen molar-refractivity contribution in [2.24, 2.45) is 0 Å². The van der Waals surface area contributed by atoms with Gasteiger partial charge in [-0.2, -0.15) is 0 Å². The predicted octanol–water partition coefficient (Wildman–Crippen LogP) is 1.51. The van der Waals surface area contributed by atoms with Crippen molar-refractivity contribution in [1.82, 2.24) is 20.1 Å². The Morgan fingerprint density at radius 1 is 1.05 bits per heavy atom. The van der Waals surface area contributed by atoms with E-state index in [9.17, 15) is 9.59 Å². The van der Waals surface area contributed by atoms with E-state index in [0.29, 0.717) is 18.1 Å². The second kappa shape index (κ2) is 6.64. The fourth-order valence-electron chi connectivity index (χ4n) is 3.05. The molecular weight excluding hydrogens is 300 g/mol. The van der Waals surface area contributed by atoms with Crippen molar-refractivity contribution in [1.29, 1.82) is 0 Å². The molecule has 0 unspecified atom stereocenters. The molecule has 7 heteroatoms. The number of thiazole rings is 1. The van der Waals surface area contributed by atoms with Crippen LogP contribution in [0.25, 0.3) is 0 Å². The van der Waals surface area contributed by atoms with Gasteiger partial charge in [0.05, 0.1) is 5.69 Å². The van der Waals surface area contributed by atoms with E-state index < -0.39 is 0 Å². The van der Waals surface area contributed by atoms with Gasteiger partial charge in [-0.15, -0.1) is 11.3 Å². The molecular formula is C15H22N4O2S. The molecule has 0 atom stereocenters. The minimum atomic E-state index is -0.0419. The van der Waals surface area contributed by atoms with E-state index in [1.807, 2.05) is 4.90 Å². The van der Waals surface area contributed by atoms with Gasteiger partial charge in [0, 0.05) is 50.9 Å². The van der Waals surface area contributed by atoms with Crippen LogP contribution < -0.4 is 5.32 Å². The number of likely N-dealkylation sites (tertiary alicyclic amines) is 1. The lowest BCUT2D eigenvalue weighted by atomic mass is 10.1. The second-order valence-electron chi connectivity index (χ2n) is 5.78. The van der Waals surface area contributed by atoms with E-state index in [4.69, 9.17) is 0 Å². The Morgan fingerprint density at radius 3 is 2.50 bits per heavy atom. The van der Waals surface area contributed by atoms with E-state index in [-0.39, 0.29) is 11.9 Å². The Hall–Kier alpha value is -1.63. The predicted molar refractivity (Wildman–Crippen MR) is 85.3 cm³/mol. The summed E-state index contributed by atoms with van der Waals surface area (Å²) >= 11 is 1.51. The summed E-state index contributed by atoms with van der Waals surface area (Å²) in [6, 6.07) is -0.0419. The number of piperidine rings is 1. The zero-order valence-electron chi connectivity index (χ0n) is 12.9. The first-order valence-electron chi connectivity index (χ1n) is 7.93. The molecule has 1 N–H and O–H groups in total. The molecule has 0 aromatic carbocycles. The van der Waals surface area contributed by atoms with Crippen LogP contribution in [0.2, 0.25) is 0 Å². The Bertz CT molecular complexity index is 540. The number of fused-ring (bicyclic) bond motifs is 1. The van der Waals surface area contributed by atoms with Crippen molar-refractivity contribution in [3.05, 3.63) is 15.6 Å². The average Bonchev–Trinajstić information content (AvgIpc) is 2.87. The Morgan fingerprint density at radius 2 is 1.77 bits per heavy atom. The summed E-state index contributed by atoms with van der Waals surface area (Å²) in [5.74, 6) is 0.0842. The Labute approximate surface area is 134 Å². The largest absolute Gasteiger partial charge is 0.341 e. The highest BCUT2D eigenvalue weighted by molar-refractivity contribution is 7.13. The summed E-state index contributed by atoms with van der Waals surface area (Å²) in [6.07, 6.45) is 4.92. The molecule has 22 heavy (non-hydrogen) atoms. The lowest BCUT2D eigenvalue weighted by Crippen LogP contribution is -2.39. The van der Waals surface area contributed by atoms with Gasteiger partial charge < -0.3 is 15.1 Å². The summed E-state index contributed by atoms with van der Waals surface area (Å²) < 4.78 is 0. The number of nitrogens with zero attached hydrogens (tertiary/aromatic N) is 3. The number of amides is 3. The minimum absolute atomic E-state index is 0.0419. The molecule has 1 saturated heterocycles. The maximum Gasteiger partial charge on any atom is 0.317 e. The van der Waals surface area contributed by atoms with E-state index in [1.165, 1.54) is 17.8 Å². The van der Waals surface area contributed by atoms with E-state index in [2.05, 4.69) is 10.3 Å². The maximum absolute atomic E-state index is 12.5. The van der Waals surface area contributed by atoms with Gasteiger partial charge in [-0.05, 0) is 19.3 Å². The fraction of sp³-hybridized carbons (Fsp3) is 0.667. The second-order valence-corrected chi connectivity index (χ2v) is 6.87. The highest BCUT2D eigenvalue weighted by Crippen LogP contribution is 2.25. The quantitative estimate of drug-likeness (QED) is 0.852. The van der Waals surface area contributed by atoms with E-state index in [0.717, 1.165) is 49.3 Å². The van der Waals surface area contributed by atoms with Crippen LogP contribution in [0.1, 0.15) is 39.6 Å². The minimum Gasteiger partial charge on any atom is -0.341 e. The molecule has 1 aromatic heterocycles. The summed E-state index contributed by atoms with van der Waals surface area (Å²) in [4.78, 5) is 33.7. The summed E-state index contributed by atoms with van der Waals surface area (Å²) in [5, 5.41) is 3.29. The standard InChI is InChI=1S/C15H22N4O2S/c1-16-15(21)19-9-5-11-12(6-10-19)22-13(17-11)14(20)18-7-3-2-4-8-18/h2-10H2,1H3,(H,16,21). The molecule has 2 aliphatic rings. The molecule has 1 fully saturated rings. The third-order valence-corrected chi connectivity index (χ3v) is 5.48. The van der Waals surface area contributed by atoms with E-state index >= 15 is 0 Å². The van der Waals surface area contributed by atoms with Gasteiger partial charge in [0.2, 0.25) is 0 Å². The first-order chi connectivity index (χ1) is 10.7. The lowest BCUT2D eigenvalue weighted by molar-refractivity contribution is 0.0723. The van der Waals surface area contributed by atoms with Crippen LogP contribution in [-0.2, 0) is 12.8 Å². The van der Waals surface area contributed by atoms with Crippen LogP contribution in [-0.4, -0.2) is 59.9 Å². The van der Waals surface area contributed by atoms with E-state index in [1.54, 1.807) is 11.9 Å². The van der Waals surface area contributed by atoms with Crippen molar-refractivity contribution in [2.45, 2.75) is 32.1 Å². The SMILES string of the molecule is CNC(=O)N1CCc2nc(C(=O)N3CCCCC3)sc2CC1. The fourth-order valence-corrected chi connectivity index (χ4v) is 4.11. The van der Waals surface area contributed by atoms with Crippen molar-refractivity contribution >= 4 is 23.3 Å². The van der Waals surface area contributed by atoms with Gasteiger partial charge in [-0.25, -0.2) is 9.78 Å². The molecule has 0 aliphatic carbocycles. The van der Waals surface area contributed by atoms with Crippen molar-refractivity contribution < 1.29 is 9.59 Å². The Kier molecular flexibility index (Phi) is 4.61. The molecule has 2 aliphatic heterocycles. The third kappa shape index (κ3) is 3.09. The first-order valence-corrected chi connectivity index (χ1v) is 8.75. The molecule has 3 heterocycles. The normalized spacial score (nSPS) is 18.6. The van der Waals surface area contributed by atoms with Gasteiger partial charge in [-0.1, -0.05) is 0 Å². The molecule has 120 valence electrons. The summed E-state index contributed by atoms with van der Waals surface area (Å²) in [7, 11) is 1.65. The summed E-state index contributed by atoms with van der Waals surface area (Å²) in [5.41, 5.74) is 0.997. The topological polar surface area (TPSA) is 65.5 Å². The number of rotatable bonds is 1. The first kappa shape index (κ1) is 15.3. The van der Waals surface area contributed by atoms with Gasteiger partial charge in [-0.3, -0.25) is 4.79 Å².